The highest BCUT2D eigenvalue weighted by Crippen LogP contribution is 2.29. The van der Waals surface area contributed by atoms with Crippen LogP contribution < -0.4 is 14.5 Å². The summed E-state index contributed by atoms with van der Waals surface area (Å²) in [4.78, 5) is 23.5. The van der Waals surface area contributed by atoms with Gasteiger partial charge in [-0.2, -0.15) is 0 Å². The van der Waals surface area contributed by atoms with Gasteiger partial charge in [0.2, 0.25) is 5.91 Å². The fourth-order valence-corrected chi connectivity index (χ4v) is 6.83. The van der Waals surface area contributed by atoms with Crippen LogP contribution in [0.25, 0.3) is 0 Å². The number of hydrogen-bond donors (Lipinski definition) is 1. The monoisotopic (exact) mass is 551 g/mol. The van der Waals surface area contributed by atoms with Gasteiger partial charge in [0.1, 0.15) is 0 Å². The fraction of sp³-hybridized carbons (Fsp3) is 0.304. The highest BCUT2D eigenvalue weighted by molar-refractivity contribution is 7.93. The second-order valence-corrected chi connectivity index (χ2v) is 11.8. The largest absolute Gasteiger partial charge is 0.369 e. The van der Waals surface area contributed by atoms with E-state index in [1.807, 2.05) is 12.1 Å². The molecule has 1 N–H and O–H groups in total. The molecule has 0 spiro atoms. The number of anilines is 3. The van der Waals surface area contributed by atoms with Crippen molar-refractivity contribution in [1.29, 1.82) is 0 Å². The minimum absolute atomic E-state index is 0.0424. The van der Waals surface area contributed by atoms with Crippen LogP contribution in [0.3, 0.4) is 0 Å². The summed E-state index contributed by atoms with van der Waals surface area (Å²) in [5.41, 5.74) is 1.68. The number of carbonyl (C=O) groups is 1. The summed E-state index contributed by atoms with van der Waals surface area (Å²) in [5, 5.41) is 3.22. The van der Waals surface area contributed by atoms with Gasteiger partial charge in [0.15, 0.2) is 5.13 Å². The zero-order valence-corrected chi connectivity index (χ0v) is 21.7. The van der Waals surface area contributed by atoms with Crippen molar-refractivity contribution in [3.8, 4) is 0 Å². The number of amides is 1. The number of carbonyl (C=O) groups excluding carboxylic acids is 1. The summed E-state index contributed by atoms with van der Waals surface area (Å²) in [6, 6.07) is 11.7. The highest BCUT2D eigenvalue weighted by Gasteiger charge is 2.38. The molecule has 3 heterocycles. The Kier molecular flexibility index (Phi) is 6.91. The van der Waals surface area contributed by atoms with Crippen LogP contribution in [0, 0.1) is 0 Å². The molecular weight excluding hydrogens is 529 g/mol. The molecule has 2 aliphatic rings. The SMILES string of the molecule is O=C1C(N2CCN(c3cc(Cl)cc(Cl)c3)CC2)CCN1c1ccc(S(=O)(=O)Nc2nccs2)cc1. The summed E-state index contributed by atoms with van der Waals surface area (Å²) in [6.07, 6.45) is 2.27. The van der Waals surface area contributed by atoms with E-state index in [1.54, 1.807) is 28.5 Å². The zero-order chi connectivity index (χ0) is 24.6. The highest BCUT2D eigenvalue weighted by atomic mass is 35.5. The first kappa shape index (κ1) is 24.3. The zero-order valence-electron chi connectivity index (χ0n) is 18.6. The first-order valence-electron chi connectivity index (χ1n) is 11.1. The molecule has 2 aromatic carbocycles. The Hall–Kier alpha value is -2.37. The number of benzene rings is 2. The number of hydrogen-bond acceptors (Lipinski definition) is 7. The Morgan fingerprint density at radius 3 is 2.26 bits per heavy atom. The molecular formula is C23H23Cl2N5O3S2. The number of nitrogens with zero attached hydrogens (tertiary/aromatic N) is 4. The topological polar surface area (TPSA) is 85.9 Å². The Labute approximate surface area is 218 Å². The van der Waals surface area contributed by atoms with E-state index >= 15 is 0 Å². The average molecular weight is 553 g/mol. The van der Waals surface area contributed by atoms with Crippen molar-refractivity contribution in [2.75, 3.05) is 47.2 Å². The lowest BCUT2D eigenvalue weighted by molar-refractivity contribution is -0.121. The third kappa shape index (κ3) is 5.26. The van der Waals surface area contributed by atoms with E-state index < -0.39 is 10.0 Å². The van der Waals surface area contributed by atoms with Crippen molar-refractivity contribution in [2.24, 2.45) is 0 Å². The first-order chi connectivity index (χ1) is 16.8. The summed E-state index contributed by atoms with van der Waals surface area (Å²) in [7, 11) is -3.73. The third-order valence-corrected chi connectivity index (χ3v) is 8.87. The molecule has 12 heteroatoms. The van der Waals surface area contributed by atoms with E-state index in [0.717, 1.165) is 38.3 Å². The molecule has 2 saturated heterocycles. The van der Waals surface area contributed by atoms with Crippen LogP contribution >= 0.6 is 34.5 Å². The Morgan fingerprint density at radius 2 is 1.63 bits per heavy atom. The van der Waals surface area contributed by atoms with Crippen LogP contribution in [0.2, 0.25) is 10.0 Å². The van der Waals surface area contributed by atoms with Gasteiger partial charge in [0, 0.05) is 65.7 Å². The second kappa shape index (κ2) is 9.94. The first-order valence-corrected chi connectivity index (χ1v) is 14.2. The molecule has 2 fully saturated rings. The van der Waals surface area contributed by atoms with E-state index in [4.69, 9.17) is 23.2 Å². The number of nitrogens with one attached hydrogen (secondary N) is 1. The molecule has 0 aliphatic carbocycles. The molecule has 184 valence electrons. The van der Waals surface area contributed by atoms with Crippen molar-refractivity contribution in [2.45, 2.75) is 17.4 Å². The lowest BCUT2D eigenvalue weighted by atomic mass is 10.1. The molecule has 1 atom stereocenters. The third-order valence-electron chi connectivity index (χ3n) is 6.26. The Bertz CT molecular complexity index is 1290. The van der Waals surface area contributed by atoms with Crippen molar-refractivity contribution in [1.82, 2.24) is 9.88 Å². The maximum Gasteiger partial charge on any atom is 0.263 e. The standard InChI is InChI=1S/C23H23Cl2N5O3S2/c24-16-13-17(25)15-19(14-16)28-8-10-29(11-9-28)21-5-7-30(22(21)31)18-1-3-20(4-2-18)35(32,33)27-23-26-6-12-34-23/h1-4,6,12-15,21H,5,7-11H2,(H,26,27). The van der Waals surface area contributed by atoms with Gasteiger partial charge < -0.3 is 9.80 Å². The molecule has 5 rings (SSSR count). The maximum atomic E-state index is 13.2. The molecule has 3 aromatic rings. The van der Waals surface area contributed by atoms with E-state index in [1.165, 1.54) is 29.7 Å². The number of sulfonamides is 1. The number of halogens is 2. The number of piperazine rings is 1. The normalized spacial score (nSPS) is 19.4. The molecule has 0 radical (unpaired) electrons. The Morgan fingerprint density at radius 1 is 0.943 bits per heavy atom. The van der Waals surface area contributed by atoms with Crippen LogP contribution in [-0.2, 0) is 14.8 Å². The molecule has 1 aromatic heterocycles. The minimum atomic E-state index is -3.73. The lowest BCUT2D eigenvalue weighted by Crippen LogP contribution is -2.52. The molecule has 35 heavy (non-hydrogen) atoms. The molecule has 0 saturated carbocycles. The van der Waals surface area contributed by atoms with E-state index in [9.17, 15) is 13.2 Å². The van der Waals surface area contributed by atoms with E-state index in [-0.39, 0.29) is 16.8 Å². The van der Waals surface area contributed by atoms with E-state index in [0.29, 0.717) is 27.4 Å². The summed E-state index contributed by atoms with van der Waals surface area (Å²) in [6.45, 7) is 3.66. The Balaban J connectivity index is 1.21. The van der Waals surface area contributed by atoms with Gasteiger partial charge in [-0.05, 0) is 48.9 Å². The summed E-state index contributed by atoms with van der Waals surface area (Å²) in [5.74, 6) is 0.0424. The number of rotatable bonds is 6. The van der Waals surface area contributed by atoms with Crippen molar-refractivity contribution >= 4 is 67.0 Å². The van der Waals surface area contributed by atoms with Gasteiger partial charge in [0.25, 0.3) is 10.0 Å². The predicted molar refractivity (Wildman–Crippen MR) is 140 cm³/mol. The average Bonchev–Trinajstić information content (AvgIpc) is 3.48. The summed E-state index contributed by atoms with van der Waals surface area (Å²) >= 11 is 13.5. The quantitative estimate of drug-likeness (QED) is 0.494. The van der Waals surface area contributed by atoms with Crippen molar-refractivity contribution in [3.05, 3.63) is 64.1 Å². The van der Waals surface area contributed by atoms with Crippen molar-refractivity contribution < 1.29 is 13.2 Å². The van der Waals surface area contributed by atoms with Crippen LogP contribution in [0.1, 0.15) is 6.42 Å². The second-order valence-electron chi connectivity index (χ2n) is 8.38. The molecule has 8 nitrogen and oxygen atoms in total. The number of aromatic nitrogens is 1. The number of thiazole rings is 1. The fourth-order valence-electron chi connectivity index (χ4n) is 4.53. The van der Waals surface area contributed by atoms with Crippen LogP contribution in [0.4, 0.5) is 16.5 Å². The molecule has 1 amide bonds. The van der Waals surface area contributed by atoms with Crippen LogP contribution in [-0.4, -0.2) is 63.0 Å². The summed E-state index contributed by atoms with van der Waals surface area (Å²) < 4.78 is 27.6. The van der Waals surface area contributed by atoms with Gasteiger partial charge in [-0.3, -0.25) is 14.4 Å². The van der Waals surface area contributed by atoms with Gasteiger partial charge in [-0.25, -0.2) is 13.4 Å². The van der Waals surface area contributed by atoms with Gasteiger partial charge in [0.05, 0.1) is 10.9 Å². The minimum Gasteiger partial charge on any atom is -0.369 e. The van der Waals surface area contributed by atoms with Gasteiger partial charge >= 0.3 is 0 Å². The van der Waals surface area contributed by atoms with Gasteiger partial charge in [-0.1, -0.05) is 23.2 Å². The van der Waals surface area contributed by atoms with Crippen LogP contribution in [0.15, 0.2) is 58.9 Å². The smallest absolute Gasteiger partial charge is 0.263 e. The van der Waals surface area contributed by atoms with E-state index in [2.05, 4.69) is 19.5 Å². The maximum absolute atomic E-state index is 13.2. The van der Waals surface area contributed by atoms with Crippen LogP contribution in [0.5, 0.6) is 0 Å². The molecule has 1 unspecified atom stereocenters. The predicted octanol–water partition coefficient (Wildman–Crippen LogP) is 4.18. The lowest BCUT2D eigenvalue weighted by Gasteiger charge is -2.38. The van der Waals surface area contributed by atoms with Crippen molar-refractivity contribution in [3.63, 3.8) is 0 Å². The van der Waals surface area contributed by atoms with Gasteiger partial charge in [-0.15, -0.1) is 11.3 Å². The molecule has 0 bridgehead atoms. The molecule has 2 aliphatic heterocycles.